The zero-order valence-electron chi connectivity index (χ0n) is 61.0. The molecule has 20 nitrogen and oxygen atoms in total. The Morgan fingerprint density at radius 3 is 0.808 bits per heavy atom. The number of carboxylic acid groups (broad SMARTS) is 3. The van der Waals surface area contributed by atoms with E-state index in [4.69, 9.17) is 78.1 Å². The van der Waals surface area contributed by atoms with Crippen molar-refractivity contribution in [1.82, 2.24) is 0 Å². The molecule has 0 aromatic heterocycles. The molecule has 0 radical (unpaired) electrons. The molecule has 104 heavy (non-hydrogen) atoms. The zero-order valence-corrected chi connectivity index (χ0v) is 61.0. The van der Waals surface area contributed by atoms with E-state index in [9.17, 15) is 19.2 Å². The minimum absolute atomic E-state index is 0.250. The van der Waals surface area contributed by atoms with Gasteiger partial charge in [0.25, 0.3) is 0 Å². The van der Waals surface area contributed by atoms with E-state index >= 15 is 0 Å². The maximum Gasteiger partial charge on any atom is 0.338 e. The lowest BCUT2D eigenvalue weighted by molar-refractivity contribution is -0.390. The molecule has 4 aliphatic heterocycles. The fourth-order valence-electron chi connectivity index (χ4n) is 27.1. The lowest BCUT2D eigenvalue weighted by atomic mass is 9.53. The summed E-state index contributed by atoms with van der Waals surface area (Å²) in [5.74, 6) is 5.61. The Kier molecular flexibility index (Phi) is 18.1. The molecule has 20 saturated carbocycles. The highest BCUT2D eigenvalue weighted by Gasteiger charge is 2.72. The molecule has 20 heteroatoms. The van der Waals surface area contributed by atoms with Crippen molar-refractivity contribution in [3.05, 3.63) is 70.8 Å². The second-order valence-electron chi connectivity index (χ2n) is 37.7. The number of rotatable bonds is 9. The lowest BCUT2D eigenvalue weighted by Crippen LogP contribution is -2.59. The Bertz CT molecular complexity index is 3290. The van der Waals surface area contributed by atoms with Crippen molar-refractivity contribution in [2.24, 2.45) is 107 Å². The Morgan fingerprint density at radius 2 is 0.577 bits per heavy atom. The molecular weight excluding hydrogens is 1330 g/mol. The first-order valence-corrected chi connectivity index (χ1v) is 41.6. The zero-order chi connectivity index (χ0) is 70.6. The number of carbonyl (C=O) groups excluding carboxylic acids is 1. The first-order valence-electron chi connectivity index (χ1n) is 41.6. The molecule has 0 atom stereocenters. The summed E-state index contributed by atoms with van der Waals surface area (Å²) < 4.78 is 31.9. The fourth-order valence-corrected chi connectivity index (χ4v) is 27.1. The third-order valence-corrected chi connectivity index (χ3v) is 31.5. The van der Waals surface area contributed by atoms with Crippen LogP contribution in [0.2, 0.25) is 0 Å². The summed E-state index contributed by atoms with van der Waals surface area (Å²) in [6.07, 6.45) is 39.8. The van der Waals surface area contributed by atoms with Crippen LogP contribution in [0, 0.1) is 107 Å². The minimum Gasteiger partial charge on any atom is -0.481 e. The molecule has 568 valence electrons. The third kappa shape index (κ3) is 12.5. The van der Waals surface area contributed by atoms with E-state index in [-0.39, 0.29) is 30.6 Å². The van der Waals surface area contributed by atoms with Crippen molar-refractivity contribution in [3.8, 4) is 0 Å². The van der Waals surface area contributed by atoms with Gasteiger partial charge in [0.15, 0.2) is 0 Å². The number of aliphatic carboxylic acids is 2. The molecule has 26 rings (SSSR count). The standard InChI is InChI=1S/C25H32O5.C23H28O5.2C18H26O5/c1-2-27-23(26)20-5-3-18(4-6-20)19-7-9-24(10-8-19)28-25(30-29-24)21-12-16-11-17(14-21)15-22(25)13-16;24-21(25)18-3-1-16(2-4-18)17-5-7-22(8-6-17)26-23(28-27-22)19-10-14-9-15(12-19)13-20(23)11-14;2*19-16(20)10-11-1-3-17(4-2-11)21-18(23-22-17)14-6-12-5-13(8-14)9-15(18)7-12/h3-6,16-17,19,21-22H,2,7-15H2,1H3;1-4,14-15,17,19-20H,5-13H2,(H,24,25);2*11-15H,1-10H2,(H,19,20). The van der Waals surface area contributed by atoms with Crippen LogP contribution in [0.3, 0.4) is 0 Å². The van der Waals surface area contributed by atoms with Crippen LogP contribution in [0.5, 0.6) is 0 Å². The number of hydrogen-bond acceptors (Lipinski definition) is 17. The van der Waals surface area contributed by atoms with Crippen LogP contribution < -0.4 is 0 Å². The van der Waals surface area contributed by atoms with Crippen LogP contribution in [-0.4, -0.2) is 92.1 Å². The molecule has 2 aromatic rings. The first-order chi connectivity index (χ1) is 50.3. The van der Waals surface area contributed by atoms with Crippen molar-refractivity contribution in [2.75, 3.05) is 6.61 Å². The Hall–Kier alpha value is -4.16. The molecule has 3 N–H and O–H groups in total. The molecule has 0 amide bonds. The van der Waals surface area contributed by atoms with Crippen LogP contribution >= 0.6 is 0 Å². The summed E-state index contributed by atoms with van der Waals surface area (Å²) in [7, 11) is 0. The number of ether oxygens (including phenoxy) is 5. The third-order valence-electron chi connectivity index (χ3n) is 31.5. The maximum absolute atomic E-state index is 11.9. The molecule has 4 heterocycles. The molecule has 16 bridgehead atoms. The highest BCUT2D eigenvalue weighted by molar-refractivity contribution is 5.89. The molecule has 8 spiro atoms. The Balaban J connectivity index is 0.0000000960. The second-order valence-corrected chi connectivity index (χ2v) is 37.7. The summed E-state index contributed by atoms with van der Waals surface area (Å²) in [6, 6.07) is 15.2. The van der Waals surface area contributed by atoms with Gasteiger partial charge in [-0.25, -0.2) is 9.59 Å². The van der Waals surface area contributed by atoms with E-state index in [1.807, 2.05) is 31.2 Å². The molecular formula is C84H112O20. The van der Waals surface area contributed by atoms with Crippen molar-refractivity contribution in [3.63, 3.8) is 0 Å². The number of carboxylic acids is 3. The Morgan fingerprint density at radius 1 is 0.337 bits per heavy atom. The summed E-state index contributed by atoms with van der Waals surface area (Å²) in [5.41, 5.74) is 3.45. The number of hydrogen-bond donors (Lipinski definition) is 3. The molecule has 0 unspecified atom stereocenters. The lowest BCUT2D eigenvalue weighted by Gasteiger charge is -2.57. The van der Waals surface area contributed by atoms with Crippen LogP contribution in [0.4, 0.5) is 0 Å². The van der Waals surface area contributed by atoms with Crippen molar-refractivity contribution >= 4 is 23.9 Å². The van der Waals surface area contributed by atoms with Gasteiger partial charge in [-0.2, -0.15) is 39.1 Å². The van der Waals surface area contributed by atoms with Gasteiger partial charge >= 0.3 is 23.9 Å². The molecule has 24 aliphatic rings. The number of esters is 1. The van der Waals surface area contributed by atoms with Crippen LogP contribution in [0.15, 0.2) is 48.5 Å². The largest absolute Gasteiger partial charge is 0.481 e. The van der Waals surface area contributed by atoms with Gasteiger partial charge in [-0.05, 0) is 293 Å². The van der Waals surface area contributed by atoms with E-state index in [2.05, 4.69) is 12.1 Å². The van der Waals surface area contributed by atoms with Crippen molar-refractivity contribution < 1.29 is 97.3 Å². The average molecular weight is 1440 g/mol. The van der Waals surface area contributed by atoms with Gasteiger partial charge < -0.3 is 39.0 Å². The van der Waals surface area contributed by atoms with Gasteiger partial charge in [0.2, 0.25) is 46.3 Å². The minimum atomic E-state index is -0.875. The van der Waals surface area contributed by atoms with Gasteiger partial charge in [-0.15, -0.1) is 0 Å². The Labute approximate surface area is 611 Å². The van der Waals surface area contributed by atoms with E-state index in [1.54, 1.807) is 12.1 Å². The number of carbonyl (C=O) groups is 4. The molecule has 4 saturated heterocycles. The summed E-state index contributed by atoms with van der Waals surface area (Å²) in [6.45, 7) is 2.23. The maximum atomic E-state index is 11.9. The van der Waals surface area contributed by atoms with Gasteiger partial charge in [0.1, 0.15) is 0 Å². The fraction of sp³-hybridized carbons (Fsp3) is 0.810. The predicted molar refractivity (Wildman–Crippen MR) is 370 cm³/mol. The van der Waals surface area contributed by atoms with Crippen molar-refractivity contribution in [2.45, 2.75) is 309 Å². The molecule has 2 aromatic carbocycles. The summed E-state index contributed by atoms with van der Waals surface area (Å²) in [4.78, 5) is 92.7. The SMILES string of the molecule is CCOC(=O)c1ccc(C2CCC3(CC2)OOC2(O3)C3CC4CC(C3)CC2C4)cc1.O=C(O)CC1CCC2(CC1)OOC1(O2)C2CC3CC(C2)CC1C3.O=C(O)CC1CCC2(CC1)OOC1(O2)C2CC3CC(C2)CC1C3.O=C(O)c1ccc(C2CCC3(CC2)OOC2(O3)C3CC4CC(C3)CC2C4)cc1. The first kappa shape index (κ1) is 70.2. The van der Waals surface area contributed by atoms with E-state index < -0.39 is 64.2 Å². The van der Waals surface area contributed by atoms with E-state index in [0.29, 0.717) is 76.9 Å². The smallest absolute Gasteiger partial charge is 0.338 e. The highest BCUT2D eigenvalue weighted by atomic mass is 17.3. The van der Waals surface area contributed by atoms with E-state index in [1.165, 1.54) is 140 Å². The summed E-state index contributed by atoms with van der Waals surface area (Å²) >= 11 is 0. The van der Waals surface area contributed by atoms with E-state index in [0.717, 1.165) is 150 Å². The number of aromatic carboxylic acids is 1. The monoisotopic (exact) mass is 1440 g/mol. The topological polar surface area (TPSA) is 249 Å². The molecule has 24 fully saturated rings. The normalized spacial score (nSPS) is 49.2. The second kappa shape index (κ2) is 26.8. The van der Waals surface area contributed by atoms with Gasteiger partial charge in [-0.3, -0.25) is 9.59 Å². The van der Waals surface area contributed by atoms with Crippen molar-refractivity contribution in [1.29, 1.82) is 0 Å². The van der Waals surface area contributed by atoms with Crippen LogP contribution in [0.25, 0.3) is 0 Å². The number of benzene rings is 2. The highest BCUT2D eigenvalue weighted by Crippen LogP contribution is 2.69. The van der Waals surface area contributed by atoms with Gasteiger partial charge in [-0.1, -0.05) is 24.3 Å². The van der Waals surface area contributed by atoms with Gasteiger partial charge in [0, 0.05) is 112 Å². The van der Waals surface area contributed by atoms with Crippen LogP contribution in [0.1, 0.15) is 295 Å². The van der Waals surface area contributed by atoms with Crippen LogP contribution in [-0.2, 0) is 72.4 Å². The quantitative estimate of drug-likeness (QED) is 0.156. The summed E-state index contributed by atoms with van der Waals surface area (Å²) in [5, 5.41) is 27.0. The molecule has 20 aliphatic carbocycles. The average Bonchev–Trinajstić information content (AvgIpc) is 1.53. The van der Waals surface area contributed by atoms with Gasteiger partial charge in [0.05, 0.1) is 17.7 Å². The predicted octanol–water partition coefficient (Wildman–Crippen LogP) is 17.2.